The third-order valence-corrected chi connectivity index (χ3v) is 2.24. The highest BCUT2D eigenvalue weighted by atomic mass is 19.1. The summed E-state index contributed by atoms with van der Waals surface area (Å²) in [5.74, 6) is -0.628. The van der Waals surface area contributed by atoms with Gasteiger partial charge in [-0.3, -0.25) is 10.1 Å². The number of rotatable bonds is 5. The molecule has 1 atom stereocenters. The Labute approximate surface area is 92.6 Å². The molecular formula is C10H14FN3O2. The number of hydrogen-bond donors (Lipinski definition) is 2. The fraction of sp³-hybridized carbons (Fsp3) is 0.400. The van der Waals surface area contributed by atoms with Gasteiger partial charge in [0.1, 0.15) is 11.5 Å². The second-order valence-corrected chi connectivity index (χ2v) is 3.47. The highest BCUT2D eigenvalue weighted by Gasteiger charge is 2.14. The lowest BCUT2D eigenvalue weighted by atomic mass is 10.2. The molecule has 16 heavy (non-hydrogen) atoms. The van der Waals surface area contributed by atoms with E-state index in [0.29, 0.717) is 6.54 Å². The fourth-order valence-corrected chi connectivity index (χ4v) is 1.19. The van der Waals surface area contributed by atoms with Crippen molar-refractivity contribution in [3.63, 3.8) is 0 Å². The van der Waals surface area contributed by atoms with Crippen molar-refractivity contribution in [1.29, 1.82) is 0 Å². The molecule has 0 aromatic heterocycles. The number of anilines is 1. The summed E-state index contributed by atoms with van der Waals surface area (Å²) in [6.45, 7) is 2.34. The summed E-state index contributed by atoms with van der Waals surface area (Å²) in [4.78, 5) is 10.0. The topological polar surface area (TPSA) is 81.2 Å². The molecule has 0 heterocycles. The van der Waals surface area contributed by atoms with Gasteiger partial charge in [-0.05, 0) is 18.6 Å². The van der Waals surface area contributed by atoms with E-state index in [-0.39, 0.29) is 17.4 Å². The average Bonchev–Trinajstić information content (AvgIpc) is 2.26. The summed E-state index contributed by atoms with van der Waals surface area (Å²) in [5.41, 5.74) is 5.68. The molecule has 1 aromatic rings. The first-order chi connectivity index (χ1) is 7.54. The summed E-state index contributed by atoms with van der Waals surface area (Å²) in [6, 6.07) is 3.33. The minimum absolute atomic E-state index is 0.0790. The average molecular weight is 227 g/mol. The molecule has 0 radical (unpaired) electrons. The summed E-state index contributed by atoms with van der Waals surface area (Å²) >= 11 is 0. The van der Waals surface area contributed by atoms with E-state index in [1.165, 1.54) is 12.1 Å². The minimum Gasteiger partial charge on any atom is -0.378 e. The van der Waals surface area contributed by atoms with Crippen molar-refractivity contribution in [2.75, 3.05) is 11.9 Å². The van der Waals surface area contributed by atoms with Gasteiger partial charge in [-0.25, -0.2) is 4.39 Å². The lowest BCUT2D eigenvalue weighted by Crippen LogP contribution is -2.28. The van der Waals surface area contributed by atoms with E-state index in [2.05, 4.69) is 5.32 Å². The van der Waals surface area contributed by atoms with Crippen molar-refractivity contribution in [1.82, 2.24) is 0 Å². The zero-order chi connectivity index (χ0) is 12.1. The van der Waals surface area contributed by atoms with Crippen LogP contribution in [0.15, 0.2) is 18.2 Å². The normalized spacial score (nSPS) is 12.2. The van der Waals surface area contributed by atoms with E-state index in [1.807, 2.05) is 6.92 Å². The minimum atomic E-state index is -0.628. The molecule has 0 aliphatic heterocycles. The smallest absolute Gasteiger partial charge is 0.295 e. The van der Waals surface area contributed by atoms with E-state index >= 15 is 0 Å². The van der Waals surface area contributed by atoms with Gasteiger partial charge in [-0.2, -0.15) is 0 Å². The quantitative estimate of drug-likeness (QED) is 0.594. The highest BCUT2D eigenvalue weighted by molar-refractivity contribution is 5.61. The number of hydrogen-bond acceptors (Lipinski definition) is 4. The molecule has 1 rings (SSSR count). The van der Waals surface area contributed by atoms with Crippen molar-refractivity contribution in [2.45, 2.75) is 19.4 Å². The van der Waals surface area contributed by atoms with Crippen molar-refractivity contribution >= 4 is 11.4 Å². The van der Waals surface area contributed by atoms with Crippen molar-refractivity contribution < 1.29 is 9.31 Å². The van der Waals surface area contributed by atoms with Gasteiger partial charge in [0.05, 0.1) is 11.0 Å². The van der Waals surface area contributed by atoms with Crippen molar-refractivity contribution in [3.8, 4) is 0 Å². The molecule has 3 N–H and O–H groups in total. The van der Waals surface area contributed by atoms with Crippen LogP contribution in [0.2, 0.25) is 0 Å². The molecular weight excluding hydrogens is 213 g/mol. The van der Waals surface area contributed by atoms with Crippen LogP contribution in [-0.4, -0.2) is 17.5 Å². The Balaban J connectivity index is 2.82. The Morgan fingerprint density at radius 3 is 2.88 bits per heavy atom. The molecule has 0 aliphatic carbocycles. The molecule has 0 saturated heterocycles. The van der Waals surface area contributed by atoms with E-state index < -0.39 is 10.7 Å². The SMILES string of the molecule is CCC(N)CNc1ccc(F)cc1[N+](=O)[O-]. The van der Waals surface area contributed by atoms with Gasteiger partial charge < -0.3 is 11.1 Å². The molecule has 6 heteroatoms. The molecule has 1 unspecified atom stereocenters. The van der Waals surface area contributed by atoms with Crippen LogP contribution in [-0.2, 0) is 0 Å². The molecule has 0 saturated carbocycles. The standard InChI is InChI=1S/C10H14FN3O2/c1-2-8(12)6-13-9-4-3-7(11)5-10(9)14(15)16/h3-5,8,13H,2,6,12H2,1H3. The second-order valence-electron chi connectivity index (χ2n) is 3.47. The number of nitrogens with one attached hydrogen (secondary N) is 1. The van der Waals surface area contributed by atoms with Crippen molar-refractivity contribution in [3.05, 3.63) is 34.1 Å². The predicted octanol–water partition coefficient (Wildman–Crippen LogP) is 1.88. The van der Waals surface area contributed by atoms with E-state index in [9.17, 15) is 14.5 Å². The summed E-state index contributed by atoms with van der Waals surface area (Å²) in [6.07, 6.45) is 0.766. The molecule has 5 nitrogen and oxygen atoms in total. The molecule has 88 valence electrons. The van der Waals surface area contributed by atoms with Crippen LogP contribution in [0.1, 0.15) is 13.3 Å². The lowest BCUT2D eigenvalue weighted by Gasteiger charge is -2.11. The summed E-state index contributed by atoms with van der Waals surface area (Å²) in [5, 5.41) is 13.5. The monoisotopic (exact) mass is 227 g/mol. The third kappa shape index (κ3) is 3.16. The number of halogens is 1. The van der Waals surface area contributed by atoms with Crippen LogP contribution in [0.5, 0.6) is 0 Å². The predicted molar refractivity (Wildman–Crippen MR) is 59.8 cm³/mol. The van der Waals surface area contributed by atoms with E-state index in [0.717, 1.165) is 12.5 Å². The third-order valence-electron chi connectivity index (χ3n) is 2.24. The maximum atomic E-state index is 12.8. The molecule has 0 bridgehead atoms. The molecule has 1 aromatic carbocycles. The Kier molecular flexibility index (Phi) is 4.19. The zero-order valence-corrected chi connectivity index (χ0v) is 8.94. The number of nitro groups is 1. The largest absolute Gasteiger partial charge is 0.378 e. The van der Waals surface area contributed by atoms with Crippen LogP contribution in [0.3, 0.4) is 0 Å². The molecule has 0 fully saturated rings. The Bertz CT molecular complexity index is 384. The molecule has 0 spiro atoms. The van der Waals surface area contributed by atoms with Crippen LogP contribution in [0.25, 0.3) is 0 Å². The summed E-state index contributed by atoms with van der Waals surface area (Å²) in [7, 11) is 0. The van der Waals surface area contributed by atoms with Gasteiger partial charge in [0.15, 0.2) is 0 Å². The fourth-order valence-electron chi connectivity index (χ4n) is 1.19. The van der Waals surface area contributed by atoms with Gasteiger partial charge in [0, 0.05) is 12.6 Å². The molecule has 0 amide bonds. The summed E-state index contributed by atoms with van der Waals surface area (Å²) < 4.78 is 12.8. The first-order valence-corrected chi connectivity index (χ1v) is 4.98. The first-order valence-electron chi connectivity index (χ1n) is 4.98. The highest BCUT2D eigenvalue weighted by Crippen LogP contribution is 2.24. The Morgan fingerprint density at radius 1 is 1.62 bits per heavy atom. The van der Waals surface area contributed by atoms with Gasteiger partial charge >= 0.3 is 0 Å². The molecule has 0 aliphatic rings. The van der Waals surface area contributed by atoms with Gasteiger partial charge in [-0.15, -0.1) is 0 Å². The maximum absolute atomic E-state index is 12.8. The van der Waals surface area contributed by atoms with Crippen LogP contribution in [0.4, 0.5) is 15.8 Å². The number of nitrogens with two attached hydrogens (primary N) is 1. The lowest BCUT2D eigenvalue weighted by molar-refractivity contribution is -0.384. The second kappa shape index (κ2) is 5.41. The maximum Gasteiger partial charge on any atom is 0.295 e. The van der Waals surface area contributed by atoms with Gasteiger partial charge in [0.25, 0.3) is 5.69 Å². The van der Waals surface area contributed by atoms with Gasteiger partial charge in [0.2, 0.25) is 0 Å². The van der Waals surface area contributed by atoms with E-state index in [4.69, 9.17) is 5.73 Å². The Hall–Kier alpha value is -1.69. The van der Waals surface area contributed by atoms with Crippen molar-refractivity contribution in [2.24, 2.45) is 5.73 Å². The van der Waals surface area contributed by atoms with E-state index in [1.54, 1.807) is 0 Å². The number of benzene rings is 1. The van der Waals surface area contributed by atoms with Crippen LogP contribution in [0, 0.1) is 15.9 Å². The number of nitrogens with zero attached hydrogens (tertiary/aromatic N) is 1. The van der Waals surface area contributed by atoms with Crippen LogP contribution >= 0.6 is 0 Å². The van der Waals surface area contributed by atoms with Crippen LogP contribution < -0.4 is 11.1 Å². The van der Waals surface area contributed by atoms with Gasteiger partial charge in [-0.1, -0.05) is 6.92 Å². The zero-order valence-electron chi connectivity index (χ0n) is 8.94. The Morgan fingerprint density at radius 2 is 2.31 bits per heavy atom. The first kappa shape index (κ1) is 12.4. The number of nitro benzene ring substituents is 1.